The summed E-state index contributed by atoms with van der Waals surface area (Å²) in [4.78, 5) is 12.4. The van der Waals surface area contributed by atoms with Crippen LogP contribution in [0.5, 0.6) is 17.2 Å². The molecule has 3 rings (SSSR count). The number of hydrogen-bond donors (Lipinski definition) is 0. The van der Waals surface area contributed by atoms with Crippen molar-refractivity contribution in [1.82, 2.24) is 0 Å². The summed E-state index contributed by atoms with van der Waals surface area (Å²) in [5, 5.41) is 0.822. The fourth-order valence-corrected chi connectivity index (χ4v) is 3.48. The quantitative estimate of drug-likeness (QED) is 0.231. The first kappa shape index (κ1) is 23.7. The van der Waals surface area contributed by atoms with Crippen LogP contribution < -0.4 is 14.2 Å². The van der Waals surface area contributed by atoms with Crippen LogP contribution in [0.25, 0.3) is 6.08 Å². The van der Waals surface area contributed by atoms with E-state index in [9.17, 15) is 4.79 Å². The number of halogens is 2. The lowest BCUT2D eigenvalue weighted by atomic mass is 10.1. The highest BCUT2D eigenvalue weighted by molar-refractivity contribution is 6.37. The van der Waals surface area contributed by atoms with E-state index in [0.29, 0.717) is 41.2 Å². The summed E-state index contributed by atoms with van der Waals surface area (Å²) in [6.45, 7) is 5.41. The number of ketones is 1. The van der Waals surface area contributed by atoms with Crippen LogP contribution in [0.2, 0.25) is 10.0 Å². The number of rotatable bonds is 10. The van der Waals surface area contributed by atoms with Gasteiger partial charge in [-0.1, -0.05) is 47.5 Å². The van der Waals surface area contributed by atoms with Crippen LogP contribution in [0, 0.1) is 0 Å². The van der Waals surface area contributed by atoms with Gasteiger partial charge in [-0.25, -0.2) is 0 Å². The standard InChI is InChI=1S/C26H24Cl2O4/c1-3-30-25-14-8-19(15-26(25)31-4-2)17-32-21-10-5-18(6-11-21)7-13-24(29)22-12-9-20(27)16-23(22)28/h5-16H,3-4,17H2,1-2H3/b13-7+. The summed E-state index contributed by atoms with van der Waals surface area (Å²) < 4.78 is 17.1. The molecule has 0 aromatic heterocycles. The molecular formula is C26H24Cl2O4. The fraction of sp³-hybridized carbons (Fsp3) is 0.192. The third-order valence-electron chi connectivity index (χ3n) is 4.52. The Labute approximate surface area is 198 Å². The molecule has 0 aliphatic carbocycles. The van der Waals surface area contributed by atoms with Crippen molar-refractivity contribution < 1.29 is 19.0 Å². The molecule has 6 heteroatoms. The van der Waals surface area contributed by atoms with E-state index in [2.05, 4.69) is 0 Å². The van der Waals surface area contributed by atoms with Gasteiger partial charge in [0.1, 0.15) is 12.4 Å². The van der Waals surface area contributed by atoms with E-state index in [-0.39, 0.29) is 5.78 Å². The van der Waals surface area contributed by atoms with Crippen LogP contribution in [0.1, 0.15) is 35.3 Å². The molecule has 0 fully saturated rings. The topological polar surface area (TPSA) is 44.8 Å². The van der Waals surface area contributed by atoms with Gasteiger partial charge in [-0.2, -0.15) is 0 Å². The molecule has 0 spiro atoms. The van der Waals surface area contributed by atoms with E-state index >= 15 is 0 Å². The molecule has 0 aliphatic rings. The molecule has 166 valence electrons. The molecule has 32 heavy (non-hydrogen) atoms. The van der Waals surface area contributed by atoms with Gasteiger partial charge in [0.25, 0.3) is 0 Å². The van der Waals surface area contributed by atoms with Crippen molar-refractivity contribution in [3.05, 3.63) is 93.5 Å². The minimum absolute atomic E-state index is 0.187. The first-order valence-corrected chi connectivity index (χ1v) is 11.0. The Kier molecular flexibility index (Phi) is 8.60. The lowest BCUT2D eigenvalue weighted by Crippen LogP contribution is -2.01. The Morgan fingerprint density at radius 3 is 2.25 bits per heavy atom. The first-order chi connectivity index (χ1) is 15.5. The highest BCUT2D eigenvalue weighted by Gasteiger charge is 2.08. The van der Waals surface area contributed by atoms with Gasteiger partial charge in [-0.05, 0) is 73.5 Å². The Morgan fingerprint density at radius 2 is 1.56 bits per heavy atom. The molecule has 3 aromatic rings. The number of ether oxygens (including phenoxy) is 3. The van der Waals surface area contributed by atoms with Crippen LogP contribution in [0.15, 0.2) is 66.7 Å². The zero-order chi connectivity index (χ0) is 22.9. The molecule has 0 amide bonds. The number of benzene rings is 3. The van der Waals surface area contributed by atoms with Crippen LogP contribution >= 0.6 is 23.2 Å². The van der Waals surface area contributed by atoms with Gasteiger partial charge in [-0.15, -0.1) is 0 Å². The molecule has 0 atom stereocenters. The summed E-state index contributed by atoms with van der Waals surface area (Å²) in [5.41, 5.74) is 2.26. The third-order valence-corrected chi connectivity index (χ3v) is 5.06. The van der Waals surface area contributed by atoms with Crippen molar-refractivity contribution >= 4 is 35.1 Å². The maximum atomic E-state index is 12.4. The van der Waals surface area contributed by atoms with Gasteiger partial charge >= 0.3 is 0 Å². The average molecular weight is 471 g/mol. The monoisotopic (exact) mass is 470 g/mol. The van der Waals surface area contributed by atoms with E-state index in [4.69, 9.17) is 37.4 Å². The molecule has 0 saturated heterocycles. The maximum absolute atomic E-state index is 12.4. The Morgan fingerprint density at radius 1 is 0.844 bits per heavy atom. The smallest absolute Gasteiger partial charge is 0.187 e. The second-order valence-electron chi connectivity index (χ2n) is 6.83. The van der Waals surface area contributed by atoms with Gasteiger partial charge in [0.2, 0.25) is 0 Å². The van der Waals surface area contributed by atoms with E-state index in [1.807, 2.05) is 56.3 Å². The first-order valence-electron chi connectivity index (χ1n) is 10.3. The van der Waals surface area contributed by atoms with Crippen molar-refractivity contribution in [3.8, 4) is 17.2 Å². The van der Waals surface area contributed by atoms with Crippen molar-refractivity contribution in [1.29, 1.82) is 0 Å². The second-order valence-corrected chi connectivity index (χ2v) is 7.67. The van der Waals surface area contributed by atoms with Crippen molar-refractivity contribution in [2.24, 2.45) is 0 Å². The minimum atomic E-state index is -0.187. The van der Waals surface area contributed by atoms with E-state index in [0.717, 1.165) is 22.6 Å². The molecule has 0 radical (unpaired) electrons. The number of allylic oxidation sites excluding steroid dienone is 1. The van der Waals surface area contributed by atoms with Crippen LogP contribution in [0.4, 0.5) is 0 Å². The second kappa shape index (κ2) is 11.6. The predicted molar refractivity (Wildman–Crippen MR) is 129 cm³/mol. The Balaban J connectivity index is 1.60. The van der Waals surface area contributed by atoms with Crippen LogP contribution in [-0.2, 0) is 6.61 Å². The SMILES string of the molecule is CCOc1ccc(COc2ccc(/C=C/C(=O)c3ccc(Cl)cc3Cl)cc2)cc1OCC. The summed E-state index contributed by atoms with van der Waals surface area (Å²) in [5.74, 6) is 1.97. The van der Waals surface area contributed by atoms with Gasteiger partial charge in [0.15, 0.2) is 17.3 Å². The minimum Gasteiger partial charge on any atom is -0.490 e. The molecule has 0 heterocycles. The molecule has 0 aliphatic heterocycles. The highest BCUT2D eigenvalue weighted by Crippen LogP contribution is 2.29. The molecular weight excluding hydrogens is 447 g/mol. The van der Waals surface area contributed by atoms with E-state index in [1.165, 1.54) is 6.08 Å². The fourth-order valence-electron chi connectivity index (χ4n) is 2.98. The molecule has 0 saturated carbocycles. The average Bonchev–Trinajstić information content (AvgIpc) is 2.78. The third kappa shape index (κ3) is 6.52. The van der Waals surface area contributed by atoms with Gasteiger partial charge in [0.05, 0.1) is 18.2 Å². The lowest BCUT2D eigenvalue weighted by molar-refractivity contribution is 0.104. The summed E-state index contributed by atoms with van der Waals surface area (Å²) >= 11 is 12.0. The Bertz CT molecular complexity index is 1090. The van der Waals surface area contributed by atoms with Crippen molar-refractivity contribution in [2.45, 2.75) is 20.5 Å². The summed E-state index contributed by atoms with van der Waals surface area (Å²) in [6.07, 6.45) is 3.22. The summed E-state index contributed by atoms with van der Waals surface area (Å²) in [6, 6.07) is 18.1. The normalized spacial score (nSPS) is 10.9. The highest BCUT2D eigenvalue weighted by atomic mass is 35.5. The van der Waals surface area contributed by atoms with Crippen LogP contribution in [-0.4, -0.2) is 19.0 Å². The predicted octanol–water partition coefficient (Wildman–Crippen LogP) is 7.27. The maximum Gasteiger partial charge on any atom is 0.187 e. The van der Waals surface area contributed by atoms with E-state index < -0.39 is 0 Å². The zero-order valence-electron chi connectivity index (χ0n) is 17.9. The van der Waals surface area contributed by atoms with Gasteiger partial charge in [0, 0.05) is 10.6 Å². The lowest BCUT2D eigenvalue weighted by Gasteiger charge is -2.13. The molecule has 0 unspecified atom stereocenters. The van der Waals surface area contributed by atoms with Crippen molar-refractivity contribution in [2.75, 3.05) is 13.2 Å². The molecule has 3 aromatic carbocycles. The number of carbonyl (C=O) groups is 1. The molecule has 0 N–H and O–H groups in total. The Hall–Kier alpha value is -2.95. The number of carbonyl (C=O) groups excluding carboxylic acids is 1. The van der Waals surface area contributed by atoms with Crippen LogP contribution in [0.3, 0.4) is 0 Å². The van der Waals surface area contributed by atoms with E-state index in [1.54, 1.807) is 24.3 Å². The molecule has 4 nitrogen and oxygen atoms in total. The largest absolute Gasteiger partial charge is 0.490 e. The number of hydrogen-bond acceptors (Lipinski definition) is 4. The summed E-state index contributed by atoms with van der Waals surface area (Å²) in [7, 11) is 0. The van der Waals surface area contributed by atoms with Gasteiger partial charge in [-0.3, -0.25) is 4.79 Å². The van der Waals surface area contributed by atoms with Crippen molar-refractivity contribution in [3.63, 3.8) is 0 Å². The molecule has 0 bridgehead atoms. The zero-order valence-corrected chi connectivity index (χ0v) is 19.5. The van der Waals surface area contributed by atoms with Gasteiger partial charge < -0.3 is 14.2 Å².